The number of likely N-dealkylation sites (N-methyl/N-ethyl adjacent to an activating group) is 1. The summed E-state index contributed by atoms with van der Waals surface area (Å²) in [7, 11) is 4.09. The Hall–Kier alpha value is -2.33. The van der Waals surface area contributed by atoms with Gasteiger partial charge in [0.25, 0.3) is 0 Å². The van der Waals surface area contributed by atoms with Crippen LogP contribution in [0.4, 0.5) is 0 Å². The van der Waals surface area contributed by atoms with Crippen molar-refractivity contribution in [2.45, 2.75) is 37.8 Å². The van der Waals surface area contributed by atoms with Gasteiger partial charge in [-0.15, -0.1) is 0 Å². The molecule has 1 aliphatic rings. The van der Waals surface area contributed by atoms with Crippen molar-refractivity contribution < 1.29 is 9.90 Å². The molecule has 0 fully saturated rings. The maximum absolute atomic E-state index is 12.3. The van der Waals surface area contributed by atoms with E-state index in [9.17, 15) is 9.90 Å². The first-order chi connectivity index (χ1) is 12.0. The fourth-order valence-corrected chi connectivity index (χ4v) is 3.40. The van der Waals surface area contributed by atoms with Gasteiger partial charge < -0.3 is 15.3 Å². The number of phenols is 1. The molecule has 4 nitrogen and oxygen atoms in total. The van der Waals surface area contributed by atoms with E-state index in [1.165, 1.54) is 16.7 Å². The summed E-state index contributed by atoms with van der Waals surface area (Å²) in [6, 6.07) is 16.1. The third-order valence-corrected chi connectivity index (χ3v) is 5.03. The molecule has 2 aromatic carbocycles. The molecule has 2 N–H and O–H groups in total. The molecule has 0 saturated heterocycles. The predicted molar refractivity (Wildman–Crippen MR) is 99.5 cm³/mol. The van der Waals surface area contributed by atoms with Crippen molar-refractivity contribution in [3.8, 4) is 5.75 Å². The van der Waals surface area contributed by atoms with Crippen LogP contribution in [0.25, 0.3) is 0 Å². The maximum atomic E-state index is 12.3. The van der Waals surface area contributed by atoms with Crippen LogP contribution in [-0.2, 0) is 17.6 Å². The first-order valence-corrected chi connectivity index (χ1v) is 8.84. The molecule has 0 bridgehead atoms. The molecule has 2 atom stereocenters. The number of hydrogen-bond donors (Lipinski definition) is 2. The zero-order valence-electron chi connectivity index (χ0n) is 14.9. The Morgan fingerprint density at radius 2 is 1.92 bits per heavy atom. The van der Waals surface area contributed by atoms with E-state index < -0.39 is 0 Å². The zero-order chi connectivity index (χ0) is 17.8. The van der Waals surface area contributed by atoms with Crippen LogP contribution in [0.3, 0.4) is 0 Å². The minimum absolute atomic E-state index is 0.122. The van der Waals surface area contributed by atoms with Gasteiger partial charge in [0.05, 0.1) is 6.04 Å². The summed E-state index contributed by atoms with van der Waals surface area (Å²) < 4.78 is 0. The van der Waals surface area contributed by atoms with Crippen LogP contribution in [0.2, 0.25) is 0 Å². The molecule has 0 aliphatic heterocycles. The first kappa shape index (κ1) is 17.5. The molecular weight excluding hydrogens is 312 g/mol. The highest BCUT2D eigenvalue weighted by Crippen LogP contribution is 2.32. The first-order valence-electron chi connectivity index (χ1n) is 8.84. The third-order valence-electron chi connectivity index (χ3n) is 5.03. The van der Waals surface area contributed by atoms with Crippen molar-refractivity contribution in [1.29, 1.82) is 0 Å². The number of fused-ring (bicyclic) bond motifs is 1. The lowest BCUT2D eigenvalue weighted by molar-refractivity contribution is -0.122. The molecule has 0 radical (unpaired) electrons. The number of hydrogen-bond acceptors (Lipinski definition) is 3. The maximum Gasteiger partial charge on any atom is 0.220 e. The Bertz CT molecular complexity index is 725. The Balaban J connectivity index is 1.50. The van der Waals surface area contributed by atoms with E-state index in [0.717, 1.165) is 19.3 Å². The van der Waals surface area contributed by atoms with Crippen molar-refractivity contribution in [2.75, 3.05) is 14.1 Å². The van der Waals surface area contributed by atoms with Gasteiger partial charge in [0.15, 0.2) is 0 Å². The summed E-state index contributed by atoms with van der Waals surface area (Å²) in [6.07, 6.45) is 3.15. The van der Waals surface area contributed by atoms with Crippen LogP contribution in [-0.4, -0.2) is 36.1 Å². The summed E-state index contributed by atoms with van der Waals surface area (Å²) >= 11 is 0. The van der Waals surface area contributed by atoms with E-state index in [1.807, 2.05) is 38.4 Å². The molecule has 2 unspecified atom stereocenters. The van der Waals surface area contributed by atoms with E-state index in [-0.39, 0.29) is 17.7 Å². The summed E-state index contributed by atoms with van der Waals surface area (Å²) in [5, 5.41) is 12.5. The lowest BCUT2D eigenvalue weighted by Crippen LogP contribution is -2.37. The summed E-state index contributed by atoms with van der Waals surface area (Å²) in [6.45, 7) is 0. The molecule has 0 heterocycles. The molecule has 1 aliphatic carbocycles. The number of phenolic OH excluding ortho intramolecular Hbond substituents is 1. The summed E-state index contributed by atoms with van der Waals surface area (Å²) in [4.78, 5) is 14.5. The van der Waals surface area contributed by atoms with Gasteiger partial charge in [0.1, 0.15) is 5.75 Å². The average Bonchev–Trinajstić information content (AvgIpc) is 2.58. The third kappa shape index (κ3) is 4.40. The smallest absolute Gasteiger partial charge is 0.220 e. The lowest BCUT2D eigenvalue weighted by Gasteiger charge is -2.31. The Morgan fingerprint density at radius 3 is 2.60 bits per heavy atom. The SMILES string of the molecule is CN(C)C(CCC(=O)NC1Cc2ccccc21)Cc1ccc(O)cc1. The molecular formula is C21H26N2O2. The van der Waals surface area contributed by atoms with E-state index in [1.54, 1.807) is 12.1 Å². The van der Waals surface area contributed by atoms with Crippen LogP contribution in [0.5, 0.6) is 5.75 Å². The van der Waals surface area contributed by atoms with Crippen LogP contribution in [0, 0.1) is 0 Å². The van der Waals surface area contributed by atoms with Gasteiger partial charge in [-0.3, -0.25) is 4.79 Å². The Kier molecular flexibility index (Phi) is 5.39. The van der Waals surface area contributed by atoms with E-state index in [2.05, 4.69) is 22.3 Å². The molecule has 2 aromatic rings. The van der Waals surface area contributed by atoms with Gasteiger partial charge in [-0.1, -0.05) is 36.4 Å². The Labute approximate surface area is 149 Å². The van der Waals surface area contributed by atoms with Crippen molar-refractivity contribution in [2.24, 2.45) is 0 Å². The van der Waals surface area contributed by atoms with E-state index in [4.69, 9.17) is 0 Å². The van der Waals surface area contributed by atoms with Crippen molar-refractivity contribution in [3.63, 3.8) is 0 Å². The minimum Gasteiger partial charge on any atom is -0.508 e. The largest absolute Gasteiger partial charge is 0.508 e. The van der Waals surface area contributed by atoms with Crippen LogP contribution in [0.15, 0.2) is 48.5 Å². The van der Waals surface area contributed by atoms with Gasteiger partial charge in [-0.2, -0.15) is 0 Å². The van der Waals surface area contributed by atoms with Crippen LogP contribution >= 0.6 is 0 Å². The number of carbonyl (C=O) groups excluding carboxylic acids is 1. The quantitative estimate of drug-likeness (QED) is 0.816. The second kappa shape index (κ2) is 7.70. The highest BCUT2D eigenvalue weighted by molar-refractivity contribution is 5.77. The van der Waals surface area contributed by atoms with Crippen LogP contribution < -0.4 is 5.32 Å². The fraction of sp³-hybridized carbons (Fsp3) is 0.381. The van der Waals surface area contributed by atoms with Gasteiger partial charge >= 0.3 is 0 Å². The van der Waals surface area contributed by atoms with Crippen molar-refractivity contribution >= 4 is 5.91 Å². The molecule has 132 valence electrons. The van der Waals surface area contributed by atoms with Crippen molar-refractivity contribution in [1.82, 2.24) is 10.2 Å². The normalized spacial score (nSPS) is 16.8. The average molecular weight is 338 g/mol. The van der Waals surface area contributed by atoms with E-state index >= 15 is 0 Å². The molecule has 0 saturated carbocycles. The number of benzene rings is 2. The number of carbonyl (C=O) groups is 1. The molecule has 1 amide bonds. The molecule has 0 aromatic heterocycles. The monoisotopic (exact) mass is 338 g/mol. The number of aromatic hydroxyl groups is 1. The molecule has 25 heavy (non-hydrogen) atoms. The zero-order valence-corrected chi connectivity index (χ0v) is 14.9. The van der Waals surface area contributed by atoms with E-state index in [0.29, 0.717) is 12.5 Å². The number of nitrogens with zero attached hydrogens (tertiary/aromatic N) is 1. The highest BCUT2D eigenvalue weighted by atomic mass is 16.3. The minimum atomic E-state index is 0.122. The second-order valence-electron chi connectivity index (χ2n) is 7.05. The van der Waals surface area contributed by atoms with Gasteiger partial charge in [-0.25, -0.2) is 0 Å². The number of amides is 1. The number of nitrogens with one attached hydrogen (secondary N) is 1. The van der Waals surface area contributed by atoms with Gasteiger partial charge in [0, 0.05) is 12.5 Å². The lowest BCUT2D eigenvalue weighted by atomic mass is 9.83. The van der Waals surface area contributed by atoms with Gasteiger partial charge in [-0.05, 0) is 62.2 Å². The summed E-state index contributed by atoms with van der Waals surface area (Å²) in [5.41, 5.74) is 3.76. The molecule has 3 rings (SSSR count). The van der Waals surface area contributed by atoms with Crippen molar-refractivity contribution in [3.05, 3.63) is 65.2 Å². The standard InChI is InChI=1S/C21H26N2O2/c1-23(2)17(13-15-7-10-18(24)11-8-15)9-12-21(25)22-20-14-16-5-3-4-6-19(16)20/h3-8,10-11,17,20,24H,9,12-14H2,1-2H3,(H,22,25). The molecule has 4 heteroatoms. The topological polar surface area (TPSA) is 52.6 Å². The second-order valence-corrected chi connectivity index (χ2v) is 7.05. The predicted octanol–water partition coefficient (Wildman–Crippen LogP) is 3.06. The fourth-order valence-electron chi connectivity index (χ4n) is 3.40. The van der Waals surface area contributed by atoms with Gasteiger partial charge in [0.2, 0.25) is 5.91 Å². The summed E-state index contributed by atoms with van der Waals surface area (Å²) in [5.74, 6) is 0.405. The van der Waals surface area contributed by atoms with Crippen LogP contribution in [0.1, 0.15) is 35.6 Å². The number of rotatable bonds is 7. The molecule has 0 spiro atoms. The Morgan fingerprint density at radius 1 is 1.20 bits per heavy atom. The highest BCUT2D eigenvalue weighted by Gasteiger charge is 2.26.